The van der Waals surface area contributed by atoms with E-state index in [1.807, 2.05) is 30.3 Å². The van der Waals surface area contributed by atoms with Crippen LogP contribution >= 0.6 is 0 Å². The minimum Gasteiger partial charge on any atom is -0.388 e. The molecule has 0 aliphatic rings. The molecule has 34 heavy (non-hydrogen) atoms. The Morgan fingerprint density at radius 3 is 1.53 bits per heavy atom. The first-order valence-corrected chi connectivity index (χ1v) is 10.5. The zero-order chi connectivity index (χ0) is 24.8. The minimum atomic E-state index is -4.45. The van der Waals surface area contributed by atoms with Crippen LogP contribution < -0.4 is 0 Å². The third-order valence-electron chi connectivity index (χ3n) is 5.13. The van der Waals surface area contributed by atoms with Crippen LogP contribution in [0.5, 0.6) is 0 Å². The Kier molecular flexibility index (Phi) is 8.17. The third kappa shape index (κ3) is 7.74. The number of benzene rings is 3. The van der Waals surface area contributed by atoms with Crippen LogP contribution in [0.3, 0.4) is 0 Å². The summed E-state index contributed by atoms with van der Waals surface area (Å²) in [6.07, 6.45) is -6.45. The van der Waals surface area contributed by atoms with Gasteiger partial charge in [-0.05, 0) is 41.0 Å². The first kappa shape index (κ1) is 25.5. The van der Waals surface area contributed by atoms with E-state index in [2.05, 4.69) is 0 Å². The lowest BCUT2D eigenvalue weighted by atomic mass is 10.1. The molecule has 0 amide bonds. The van der Waals surface area contributed by atoms with Gasteiger partial charge in [0.1, 0.15) is 0 Å². The second-order valence-electron chi connectivity index (χ2n) is 7.90. The molecule has 2 nitrogen and oxygen atoms in total. The Bertz CT molecular complexity index is 998. The molecule has 0 fully saturated rings. The Hall–Kier alpha value is -3.10. The highest BCUT2D eigenvalue weighted by molar-refractivity contribution is 5.49. The molecule has 8 heteroatoms. The molecule has 180 valence electrons. The molecule has 0 saturated heterocycles. The van der Waals surface area contributed by atoms with E-state index in [9.17, 15) is 31.4 Å². The summed E-state index contributed by atoms with van der Waals surface area (Å²) < 4.78 is 77.1. The Labute approximate surface area is 193 Å². The van der Waals surface area contributed by atoms with Gasteiger partial charge in [-0.3, -0.25) is 4.90 Å². The number of nitrogens with zero attached hydrogens (tertiary/aromatic N) is 1. The predicted octanol–water partition coefficient (Wildman–Crippen LogP) is 6.80. The van der Waals surface area contributed by atoms with Crippen molar-refractivity contribution in [2.75, 3.05) is 6.54 Å². The quantitative estimate of drug-likeness (QED) is 0.359. The summed E-state index contributed by atoms with van der Waals surface area (Å²) in [5.41, 5.74) is 0.518. The zero-order valence-electron chi connectivity index (χ0n) is 18.0. The van der Waals surface area contributed by atoms with Crippen molar-refractivity contribution >= 4 is 6.08 Å². The molecule has 1 N–H and O–H groups in total. The van der Waals surface area contributed by atoms with E-state index in [1.54, 1.807) is 17.1 Å². The van der Waals surface area contributed by atoms with Crippen LogP contribution in [0.25, 0.3) is 6.08 Å². The molecule has 1 atom stereocenters. The van der Waals surface area contributed by atoms with Gasteiger partial charge >= 0.3 is 12.4 Å². The Morgan fingerprint density at radius 1 is 0.676 bits per heavy atom. The fourth-order valence-corrected chi connectivity index (χ4v) is 3.41. The molecule has 0 aliphatic heterocycles. The van der Waals surface area contributed by atoms with Gasteiger partial charge < -0.3 is 5.11 Å². The molecule has 0 saturated carbocycles. The van der Waals surface area contributed by atoms with Crippen molar-refractivity contribution in [3.63, 3.8) is 0 Å². The maximum Gasteiger partial charge on any atom is 0.416 e. The first-order chi connectivity index (χ1) is 16.0. The van der Waals surface area contributed by atoms with Gasteiger partial charge in [0.2, 0.25) is 0 Å². The van der Waals surface area contributed by atoms with E-state index in [0.29, 0.717) is 11.1 Å². The van der Waals surface area contributed by atoms with Crippen LogP contribution in [-0.2, 0) is 25.4 Å². The predicted molar refractivity (Wildman–Crippen MR) is 118 cm³/mol. The van der Waals surface area contributed by atoms with Crippen molar-refractivity contribution in [3.05, 3.63) is 113 Å². The smallest absolute Gasteiger partial charge is 0.388 e. The molecule has 0 aromatic heterocycles. The summed E-state index contributed by atoms with van der Waals surface area (Å²) in [4.78, 5) is 1.77. The number of halogens is 6. The lowest BCUT2D eigenvalue weighted by Gasteiger charge is -2.25. The monoisotopic (exact) mass is 479 g/mol. The summed E-state index contributed by atoms with van der Waals surface area (Å²) >= 11 is 0. The normalized spacial score (nSPS) is 13.5. The lowest BCUT2D eigenvalue weighted by Crippen LogP contribution is -2.31. The molecule has 3 aromatic rings. The largest absolute Gasteiger partial charge is 0.416 e. The van der Waals surface area contributed by atoms with Crippen LogP contribution in [0.2, 0.25) is 0 Å². The van der Waals surface area contributed by atoms with Crippen LogP contribution in [0.1, 0.15) is 27.8 Å². The van der Waals surface area contributed by atoms with Crippen molar-refractivity contribution in [1.82, 2.24) is 4.90 Å². The molecule has 0 radical (unpaired) electrons. The average Bonchev–Trinajstić information content (AvgIpc) is 2.78. The van der Waals surface area contributed by atoms with E-state index in [-0.39, 0.29) is 19.6 Å². The van der Waals surface area contributed by atoms with Crippen LogP contribution in [0.15, 0.2) is 84.9 Å². The van der Waals surface area contributed by atoms with E-state index in [4.69, 9.17) is 0 Å². The number of alkyl halides is 6. The molecular formula is C26H23F6NO. The zero-order valence-corrected chi connectivity index (χ0v) is 18.0. The van der Waals surface area contributed by atoms with Crippen molar-refractivity contribution in [1.29, 1.82) is 0 Å². The fraction of sp³-hybridized carbons (Fsp3) is 0.231. The number of aliphatic hydroxyl groups excluding tert-OH is 1. The molecule has 1 unspecified atom stereocenters. The molecule has 0 bridgehead atoms. The van der Waals surface area contributed by atoms with E-state index in [0.717, 1.165) is 29.8 Å². The van der Waals surface area contributed by atoms with Crippen molar-refractivity contribution < 1.29 is 31.4 Å². The van der Waals surface area contributed by atoms with Crippen LogP contribution in [0, 0.1) is 0 Å². The maximum atomic E-state index is 12.9. The highest BCUT2D eigenvalue weighted by Crippen LogP contribution is 2.30. The number of hydrogen-bond acceptors (Lipinski definition) is 2. The highest BCUT2D eigenvalue weighted by Gasteiger charge is 2.31. The summed E-state index contributed by atoms with van der Waals surface area (Å²) in [7, 11) is 0. The second kappa shape index (κ2) is 10.9. The molecule has 0 aliphatic carbocycles. The average molecular weight is 479 g/mol. The van der Waals surface area contributed by atoms with Gasteiger partial charge in [-0.15, -0.1) is 0 Å². The summed E-state index contributed by atoms with van der Waals surface area (Å²) in [5.74, 6) is 0. The van der Waals surface area contributed by atoms with Gasteiger partial charge in [0.05, 0.1) is 17.2 Å². The maximum absolute atomic E-state index is 12.9. The van der Waals surface area contributed by atoms with Gasteiger partial charge in [0, 0.05) is 19.6 Å². The molecule has 0 spiro atoms. The van der Waals surface area contributed by atoms with Gasteiger partial charge in [-0.25, -0.2) is 0 Å². The molecule has 3 rings (SSSR count). The van der Waals surface area contributed by atoms with E-state index in [1.165, 1.54) is 24.3 Å². The van der Waals surface area contributed by atoms with Gasteiger partial charge in [-0.2, -0.15) is 26.3 Å². The highest BCUT2D eigenvalue weighted by atomic mass is 19.4. The van der Waals surface area contributed by atoms with Crippen LogP contribution in [0.4, 0.5) is 26.3 Å². The number of rotatable bonds is 8. The second-order valence-corrected chi connectivity index (χ2v) is 7.90. The number of hydrogen-bond donors (Lipinski definition) is 1. The summed E-state index contributed by atoms with van der Waals surface area (Å²) in [6.45, 7) is 0.538. The SMILES string of the molecule is OC(/C=C/c1ccccc1)CN(Cc1ccc(C(F)(F)F)cc1)Cc1ccc(C(F)(F)F)cc1. The third-order valence-corrected chi connectivity index (χ3v) is 5.13. The molecule has 0 heterocycles. The molecule has 3 aromatic carbocycles. The minimum absolute atomic E-state index is 0.130. The van der Waals surface area contributed by atoms with Gasteiger partial charge in [-0.1, -0.05) is 66.7 Å². The van der Waals surface area contributed by atoms with Crippen molar-refractivity contribution in [3.8, 4) is 0 Å². The number of aliphatic hydroxyl groups is 1. The summed E-state index contributed by atoms with van der Waals surface area (Å²) in [6, 6.07) is 18.7. The topological polar surface area (TPSA) is 23.5 Å². The van der Waals surface area contributed by atoms with Gasteiger partial charge in [0.25, 0.3) is 0 Å². The Balaban J connectivity index is 1.75. The lowest BCUT2D eigenvalue weighted by molar-refractivity contribution is -0.138. The summed E-state index contributed by atoms with van der Waals surface area (Å²) in [5, 5.41) is 10.5. The fourth-order valence-electron chi connectivity index (χ4n) is 3.41. The molecular weight excluding hydrogens is 456 g/mol. The van der Waals surface area contributed by atoms with E-state index >= 15 is 0 Å². The van der Waals surface area contributed by atoms with E-state index < -0.39 is 29.6 Å². The van der Waals surface area contributed by atoms with Gasteiger partial charge in [0.15, 0.2) is 0 Å². The first-order valence-electron chi connectivity index (χ1n) is 10.5. The Morgan fingerprint density at radius 2 is 1.12 bits per heavy atom. The standard InChI is InChI=1S/C26H23F6NO/c27-25(28,29)22-11-6-20(7-12-22)16-33(17-21-8-13-23(14-9-21)26(30,31)32)18-24(34)15-10-19-4-2-1-3-5-19/h1-15,24,34H,16-18H2/b15-10+. The van der Waals surface area contributed by atoms with Crippen molar-refractivity contribution in [2.45, 2.75) is 31.5 Å². The van der Waals surface area contributed by atoms with Crippen molar-refractivity contribution in [2.24, 2.45) is 0 Å². The van der Waals surface area contributed by atoms with Crippen LogP contribution in [-0.4, -0.2) is 22.7 Å².